The second kappa shape index (κ2) is 7.25. The van der Waals surface area contributed by atoms with E-state index >= 15 is 0 Å². The van der Waals surface area contributed by atoms with E-state index in [2.05, 4.69) is 65.5 Å². The van der Waals surface area contributed by atoms with E-state index < -0.39 is 0 Å². The number of rotatable bonds is 5. The maximum absolute atomic E-state index is 5.81. The molecule has 3 heteroatoms. The number of benzene rings is 2. The molecular formula is C19H22N2O. The maximum Gasteiger partial charge on any atom is 0.0924 e. The Morgan fingerprint density at radius 1 is 1.00 bits per heavy atom. The number of nitrogens with zero attached hydrogens (tertiary/aromatic N) is 1. The molecule has 1 heterocycles. The van der Waals surface area contributed by atoms with Crippen LogP contribution in [0.4, 0.5) is 11.4 Å². The van der Waals surface area contributed by atoms with Crippen LogP contribution in [0.2, 0.25) is 0 Å². The van der Waals surface area contributed by atoms with Crippen LogP contribution in [0.5, 0.6) is 0 Å². The zero-order chi connectivity index (χ0) is 15.2. The Bertz CT molecular complexity index is 545. The average molecular weight is 294 g/mol. The van der Waals surface area contributed by atoms with Gasteiger partial charge in [0.1, 0.15) is 0 Å². The lowest BCUT2D eigenvalue weighted by atomic mass is 10.0. The van der Waals surface area contributed by atoms with Crippen molar-refractivity contribution in [3.05, 3.63) is 73.3 Å². The van der Waals surface area contributed by atoms with Gasteiger partial charge < -0.3 is 4.74 Å². The predicted octanol–water partition coefficient (Wildman–Crippen LogP) is 4.06. The van der Waals surface area contributed by atoms with Crippen LogP contribution in [0.25, 0.3) is 0 Å². The fourth-order valence-electron chi connectivity index (χ4n) is 2.79. The van der Waals surface area contributed by atoms with Crippen LogP contribution in [0.15, 0.2) is 73.3 Å². The second-order valence-corrected chi connectivity index (χ2v) is 5.46. The summed E-state index contributed by atoms with van der Waals surface area (Å²) in [6.07, 6.45) is 4.08. The monoisotopic (exact) mass is 294 g/mol. The van der Waals surface area contributed by atoms with Crippen molar-refractivity contribution in [1.82, 2.24) is 5.43 Å². The van der Waals surface area contributed by atoms with Crippen LogP contribution in [-0.4, -0.2) is 18.8 Å². The molecule has 0 saturated carbocycles. The molecule has 0 spiro atoms. The second-order valence-electron chi connectivity index (χ2n) is 5.46. The van der Waals surface area contributed by atoms with E-state index in [1.54, 1.807) is 0 Å². The van der Waals surface area contributed by atoms with Crippen LogP contribution in [0.3, 0.4) is 0 Å². The number of ether oxygens (including phenoxy) is 1. The van der Waals surface area contributed by atoms with E-state index in [4.69, 9.17) is 4.74 Å². The molecule has 1 aliphatic rings. The van der Waals surface area contributed by atoms with Crippen molar-refractivity contribution >= 4 is 11.4 Å². The highest BCUT2D eigenvalue weighted by atomic mass is 16.5. The van der Waals surface area contributed by atoms with E-state index in [0.717, 1.165) is 30.8 Å². The van der Waals surface area contributed by atoms with Gasteiger partial charge in [-0.2, -0.15) is 0 Å². The van der Waals surface area contributed by atoms with Gasteiger partial charge in [-0.15, -0.1) is 6.58 Å². The van der Waals surface area contributed by atoms with Gasteiger partial charge in [-0.25, -0.2) is 5.43 Å². The summed E-state index contributed by atoms with van der Waals surface area (Å²) in [5.41, 5.74) is 5.85. The predicted molar refractivity (Wildman–Crippen MR) is 91.1 cm³/mol. The van der Waals surface area contributed by atoms with E-state index in [0.29, 0.717) is 0 Å². The molecule has 0 amide bonds. The lowest BCUT2D eigenvalue weighted by Gasteiger charge is -2.36. The molecule has 0 aromatic heterocycles. The van der Waals surface area contributed by atoms with Gasteiger partial charge in [0.25, 0.3) is 0 Å². The first-order valence-corrected chi connectivity index (χ1v) is 7.79. The van der Waals surface area contributed by atoms with Gasteiger partial charge in [0.15, 0.2) is 0 Å². The maximum atomic E-state index is 5.81. The molecule has 2 aromatic carbocycles. The van der Waals surface area contributed by atoms with Gasteiger partial charge in [0.05, 0.1) is 23.5 Å². The molecule has 2 atom stereocenters. The van der Waals surface area contributed by atoms with Crippen LogP contribution in [0.1, 0.15) is 12.8 Å². The molecule has 1 fully saturated rings. The van der Waals surface area contributed by atoms with Crippen LogP contribution < -0.4 is 10.4 Å². The van der Waals surface area contributed by atoms with Gasteiger partial charge in [0, 0.05) is 6.61 Å². The Labute approximate surface area is 132 Å². The van der Waals surface area contributed by atoms with Crippen LogP contribution >= 0.6 is 0 Å². The molecule has 114 valence electrons. The smallest absolute Gasteiger partial charge is 0.0924 e. The van der Waals surface area contributed by atoms with Gasteiger partial charge >= 0.3 is 0 Å². The number of hydrogen-bond acceptors (Lipinski definition) is 3. The molecule has 3 rings (SSSR count). The van der Waals surface area contributed by atoms with Gasteiger partial charge in [-0.3, -0.25) is 5.01 Å². The minimum absolute atomic E-state index is 0.0451. The minimum Gasteiger partial charge on any atom is -0.372 e. The van der Waals surface area contributed by atoms with Gasteiger partial charge in [0.2, 0.25) is 0 Å². The molecule has 22 heavy (non-hydrogen) atoms. The van der Waals surface area contributed by atoms with Gasteiger partial charge in [-0.05, 0) is 37.1 Å². The lowest BCUT2D eigenvalue weighted by Crippen LogP contribution is -2.50. The zero-order valence-electron chi connectivity index (χ0n) is 12.7. The summed E-state index contributed by atoms with van der Waals surface area (Å²) < 4.78 is 5.81. The molecule has 0 bridgehead atoms. The third-order valence-electron chi connectivity index (χ3n) is 3.92. The molecule has 1 saturated heterocycles. The standard InChI is InChI=1S/C19H22N2O/c1-2-19-18(14-9-15-22-19)20-21(16-10-5-3-6-11-16)17-12-7-4-8-13-17/h2-8,10-13,18-20H,1,9,14-15H2/t18-,19+/m0/s1. The average Bonchev–Trinajstić information content (AvgIpc) is 2.61. The van der Waals surface area contributed by atoms with Crippen molar-refractivity contribution in [2.75, 3.05) is 11.6 Å². The van der Waals surface area contributed by atoms with E-state index in [-0.39, 0.29) is 12.1 Å². The first-order valence-electron chi connectivity index (χ1n) is 7.79. The summed E-state index contributed by atoms with van der Waals surface area (Å²) in [4.78, 5) is 0. The fourth-order valence-corrected chi connectivity index (χ4v) is 2.79. The molecule has 0 aliphatic carbocycles. The first-order chi connectivity index (χ1) is 10.9. The highest BCUT2D eigenvalue weighted by Gasteiger charge is 2.25. The number of hydrazine groups is 1. The number of nitrogens with one attached hydrogen (secondary N) is 1. The van der Waals surface area contributed by atoms with Crippen LogP contribution in [0, 0.1) is 0 Å². The van der Waals surface area contributed by atoms with E-state index in [1.165, 1.54) is 0 Å². The topological polar surface area (TPSA) is 24.5 Å². The van der Waals surface area contributed by atoms with E-state index in [1.807, 2.05) is 18.2 Å². The SMILES string of the molecule is C=C[C@H]1OCCC[C@@H]1NN(c1ccccc1)c1ccccc1. The quantitative estimate of drug-likeness (QED) is 0.665. The summed E-state index contributed by atoms with van der Waals surface area (Å²) in [7, 11) is 0. The Morgan fingerprint density at radius 2 is 1.59 bits per heavy atom. The van der Waals surface area contributed by atoms with E-state index in [9.17, 15) is 0 Å². The molecule has 2 aromatic rings. The third kappa shape index (κ3) is 3.38. The van der Waals surface area contributed by atoms with Crippen molar-refractivity contribution in [3.8, 4) is 0 Å². The highest BCUT2D eigenvalue weighted by Crippen LogP contribution is 2.25. The largest absolute Gasteiger partial charge is 0.372 e. The molecule has 0 radical (unpaired) electrons. The van der Waals surface area contributed by atoms with Crippen molar-refractivity contribution in [1.29, 1.82) is 0 Å². The van der Waals surface area contributed by atoms with Crippen molar-refractivity contribution in [2.24, 2.45) is 0 Å². The lowest BCUT2D eigenvalue weighted by molar-refractivity contribution is 0.0210. The van der Waals surface area contributed by atoms with Crippen molar-refractivity contribution in [2.45, 2.75) is 25.0 Å². The Kier molecular flexibility index (Phi) is 4.88. The summed E-state index contributed by atoms with van der Waals surface area (Å²) >= 11 is 0. The first kappa shape index (κ1) is 14.8. The van der Waals surface area contributed by atoms with Crippen molar-refractivity contribution < 1.29 is 4.74 Å². The number of para-hydroxylation sites is 2. The minimum atomic E-state index is 0.0451. The van der Waals surface area contributed by atoms with Gasteiger partial charge in [-0.1, -0.05) is 42.5 Å². The summed E-state index contributed by atoms with van der Waals surface area (Å²) in [6, 6.07) is 20.9. The fraction of sp³-hybridized carbons (Fsp3) is 0.263. The molecular weight excluding hydrogens is 272 g/mol. The Hall–Kier alpha value is -2.10. The molecule has 3 nitrogen and oxygen atoms in total. The third-order valence-corrected chi connectivity index (χ3v) is 3.92. The summed E-state index contributed by atoms with van der Waals surface area (Å²) in [6.45, 7) is 4.71. The number of hydrogen-bond donors (Lipinski definition) is 1. The summed E-state index contributed by atoms with van der Waals surface area (Å²) in [5, 5.41) is 2.13. The Morgan fingerprint density at radius 3 is 2.14 bits per heavy atom. The normalized spacial score (nSPS) is 21.3. The van der Waals surface area contributed by atoms with Crippen LogP contribution in [-0.2, 0) is 4.74 Å². The highest BCUT2D eigenvalue weighted by molar-refractivity contribution is 5.61. The Balaban J connectivity index is 1.87. The molecule has 1 aliphatic heterocycles. The molecule has 0 unspecified atom stereocenters. The summed E-state index contributed by atoms with van der Waals surface area (Å²) in [5.74, 6) is 0. The zero-order valence-corrected chi connectivity index (χ0v) is 12.7. The molecule has 1 N–H and O–H groups in total. The van der Waals surface area contributed by atoms with Crippen molar-refractivity contribution in [3.63, 3.8) is 0 Å². The number of anilines is 2.